The van der Waals surface area contributed by atoms with Crippen LogP contribution in [-0.4, -0.2) is 18.9 Å². The molecule has 1 aromatic carbocycles. The van der Waals surface area contributed by atoms with E-state index in [1.165, 1.54) is 12.1 Å². The number of halogens is 2. The summed E-state index contributed by atoms with van der Waals surface area (Å²) < 4.78 is 14.0. The van der Waals surface area contributed by atoms with Gasteiger partial charge >= 0.3 is 0 Å². The lowest BCUT2D eigenvalue weighted by molar-refractivity contribution is -0.127. The van der Waals surface area contributed by atoms with Gasteiger partial charge in [0.15, 0.2) is 0 Å². The summed E-state index contributed by atoms with van der Waals surface area (Å²) in [7, 11) is 0. The summed E-state index contributed by atoms with van der Waals surface area (Å²) in [5.41, 5.74) is 0.478. The molecule has 2 rings (SSSR count). The molecule has 1 fully saturated rings. The summed E-state index contributed by atoms with van der Waals surface area (Å²) in [6, 6.07) is 4.49. The summed E-state index contributed by atoms with van der Waals surface area (Å²) in [5.74, 6) is -0.0857. The molecule has 1 atom stereocenters. The Hall–Kier alpha value is -0.740. The van der Waals surface area contributed by atoms with Crippen LogP contribution >= 0.6 is 15.9 Å². The largest absolute Gasteiger partial charge is 0.316 e. The fourth-order valence-corrected chi connectivity index (χ4v) is 2.91. The minimum absolute atomic E-state index is 0.210. The Labute approximate surface area is 115 Å². The minimum atomic E-state index is -0.295. The smallest absolute Gasteiger partial charge is 0.144 e. The number of ketones is 1. The zero-order valence-corrected chi connectivity index (χ0v) is 12.0. The number of hydrogen-bond acceptors (Lipinski definition) is 2. The van der Waals surface area contributed by atoms with E-state index in [0.29, 0.717) is 6.42 Å². The van der Waals surface area contributed by atoms with Gasteiger partial charge in [-0.3, -0.25) is 4.79 Å². The first-order valence-corrected chi connectivity index (χ1v) is 7.05. The summed E-state index contributed by atoms with van der Waals surface area (Å²) in [5, 5.41) is 3.25. The SMILES string of the molecule is CCC1(C(=O)Cc2cc(F)ccc2Br)CCNC1. The van der Waals surface area contributed by atoms with Crippen LogP contribution in [0, 0.1) is 11.2 Å². The van der Waals surface area contributed by atoms with E-state index in [9.17, 15) is 9.18 Å². The highest BCUT2D eigenvalue weighted by Gasteiger charge is 2.38. The van der Waals surface area contributed by atoms with Crippen LogP contribution < -0.4 is 5.32 Å². The predicted octanol–water partition coefficient (Wildman–Crippen LogP) is 3.09. The van der Waals surface area contributed by atoms with Gasteiger partial charge in [-0.25, -0.2) is 4.39 Å². The summed E-state index contributed by atoms with van der Waals surface area (Å²) in [4.78, 5) is 12.4. The number of carbonyl (C=O) groups excluding carboxylic acids is 1. The Kier molecular flexibility index (Phi) is 4.17. The van der Waals surface area contributed by atoms with Crippen molar-refractivity contribution < 1.29 is 9.18 Å². The maximum absolute atomic E-state index is 13.2. The molecule has 0 amide bonds. The van der Waals surface area contributed by atoms with E-state index in [1.54, 1.807) is 6.07 Å². The summed E-state index contributed by atoms with van der Waals surface area (Å²) >= 11 is 3.37. The number of carbonyl (C=O) groups is 1. The highest BCUT2D eigenvalue weighted by Crippen LogP contribution is 2.32. The zero-order valence-electron chi connectivity index (χ0n) is 10.4. The lowest BCUT2D eigenvalue weighted by Gasteiger charge is -2.25. The Morgan fingerprint density at radius 1 is 1.56 bits per heavy atom. The second-order valence-electron chi connectivity index (χ2n) is 4.90. The molecule has 1 aromatic rings. The van der Waals surface area contributed by atoms with Crippen LogP contribution in [0.3, 0.4) is 0 Å². The molecule has 0 spiro atoms. The number of hydrogen-bond donors (Lipinski definition) is 1. The Balaban J connectivity index is 2.18. The monoisotopic (exact) mass is 313 g/mol. The fraction of sp³-hybridized carbons (Fsp3) is 0.500. The molecule has 1 aliphatic rings. The number of nitrogens with one attached hydrogen (secondary N) is 1. The maximum atomic E-state index is 13.2. The molecule has 98 valence electrons. The van der Waals surface area contributed by atoms with E-state index >= 15 is 0 Å². The van der Waals surface area contributed by atoms with E-state index in [1.807, 2.05) is 6.92 Å². The molecular formula is C14H17BrFNO. The van der Waals surface area contributed by atoms with Crippen LogP contribution in [0.1, 0.15) is 25.3 Å². The molecule has 0 aliphatic carbocycles. The van der Waals surface area contributed by atoms with Crippen molar-refractivity contribution in [2.24, 2.45) is 5.41 Å². The van der Waals surface area contributed by atoms with Gasteiger partial charge < -0.3 is 5.32 Å². The van der Waals surface area contributed by atoms with E-state index in [4.69, 9.17) is 0 Å². The van der Waals surface area contributed by atoms with Gasteiger partial charge in [0.05, 0.1) is 0 Å². The molecule has 0 saturated carbocycles. The van der Waals surface area contributed by atoms with E-state index in [2.05, 4.69) is 21.2 Å². The zero-order chi connectivity index (χ0) is 13.2. The average molecular weight is 314 g/mol. The van der Waals surface area contributed by atoms with Crippen LogP contribution in [-0.2, 0) is 11.2 Å². The molecule has 4 heteroatoms. The molecule has 1 aliphatic heterocycles. The number of Topliss-reactive ketones (excluding diaryl/α,β-unsaturated/α-hetero) is 1. The Bertz CT molecular complexity index is 455. The topological polar surface area (TPSA) is 29.1 Å². The first kappa shape index (κ1) is 13.7. The second kappa shape index (κ2) is 5.49. The van der Waals surface area contributed by atoms with Gasteiger partial charge in [-0.2, -0.15) is 0 Å². The number of benzene rings is 1. The molecule has 2 nitrogen and oxygen atoms in total. The van der Waals surface area contributed by atoms with Gasteiger partial charge in [0.2, 0.25) is 0 Å². The van der Waals surface area contributed by atoms with Crippen molar-refractivity contribution in [3.8, 4) is 0 Å². The van der Waals surface area contributed by atoms with Crippen LogP contribution in [0.15, 0.2) is 22.7 Å². The molecule has 18 heavy (non-hydrogen) atoms. The quantitative estimate of drug-likeness (QED) is 0.925. The van der Waals surface area contributed by atoms with Crippen molar-refractivity contribution in [3.63, 3.8) is 0 Å². The van der Waals surface area contributed by atoms with Gasteiger partial charge in [-0.05, 0) is 43.1 Å². The molecular weight excluding hydrogens is 297 g/mol. The molecule has 1 heterocycles. The number of rotatable bonds is 4. The van der Waals surface area contributed by atoms with Crippen molar-refractivity contribution in [3.05, 3.63) is 34.1 Å². The highest BCUT2D eigenvalue weighted by atomic mass is 79.9. The average Bonchev–Trinajstić information content (AvgIpc) is 2.84. The first-order chi connectivity index (χ1) is 8.57. The van der Waals surface area contributed by atoms with Crippen LogP contribution in [0.2, 0.25) is 0 Å². The predicted molar refractivity (Wildman–Crippen MR) is 73.0 cm³/mol. The third-order valence-electron chi connectivity index (χ3n) is 3.87. The lowest BCUT2D eigenvalue weighted by atomic mass is 9.78. The third kappa shape index (κ3) is 2.64. The van der Waals surface area contributed by atoms with Gasteiger partial charge in [-0.1, -0.05) is 22.9 Å². The van der Waals surface area contributed by atoms with E-state index in [-0.39, 0.29) is 17.0 Å². The van der Waals surface area contributed by atoms with Crippen molar-refractivity contribution >= 4 is 21.7 Å². The van der Waals surface area contributed by atoms with Crippen molar-refractivity contribution in [1.82, 2.24) is 5.32 Å². The molecule has 1 N–H and O–H groups in total. The van der Waals surface area contributed by atoms with Gasteiger partial charge in [0.1, 0.15) is 11.6 Å². The molecule has 0 bridgehead atoms. The van der Waals surface area contributed by atoms with E-state index in [0.717, 1.165) is 36.0 Å². The second-order valence-corrected chi connectivity index (χ2v) is 5.75. The van der Waals surface area contributed by atoms with Crippen LogP contribution in [0.4, 0.5) is 4.39 Å². The molecule has 1 unspecified atom stereocenters. The van der Waals surface area contributed by atoms with Gasteiger partial charge in [0.25, 0.3) is 0 Å². The molecule has 1 saturated heterocycles. The Morgan fingerprint density at radius 2 is 2.33 bits per heavy atom. The fourth-order valence-electron chi connectivity index (χ4n) is 2.52. The van der Waals surface area contributed by atoms with Crippen LogP contribution in [0.25, 0.3) is 0 Å². The summed E-state index contributed by atoms with van der Waals surface area (Å²) in [6.07, 6.45) is 2.02. The summed E-state index contributed by atoms with van der Waals surface area (Å²) in [6.45, 7) is 3.69. The minimum Gasteiger partial charge on any atom is -0.316 e. The highest BCUT2D eigenvalue weighted by molar-refractivity contribution is 9.10. The van der Waals surface area contributed by atoms with Crippen molar-refractivity contribution in [2.45, 2.75) is 26.2 Å². The first-order valence-electron chi connectivity index (χ1n) is 6.25. The lowest BCUT2D eigenvalue weighted by Crippen LogP contribution is -2.34. The van der Waals surface area contributed by atoms with Crippen molar-refractivity contribution in [1.29, 1.82) is 0 Å². The maximum Gasteiger partial charge on any atom is 0.144 e. The standard InChI is InChI=1S/C14H17BrFNO/c1-2-14(5-6-17-9-14)13(18)8-10-7-11(16)3-4-12(10)15/h3-4,7,17H,2,5-6,8-9H2,1H3. The Morgan fingerprint density at radius 3 is 2.94 bits per heavy atom. The third-order valence-corrected chi connectivity index (χ3v) is 4.64. The van der Waals surface area contributed by atoms with E-state index < -0.39 is 0 Å². The van der Waals surface area contributed by atoms with Gasteiger partial charge in [0, 0.05) is 22.9 Å². The molecule has 0 radical (unpaired) electrons. The van der Waals surface area contributed by atoms with Crippen LogP contribution in [0.5, 0.6) is 0 Å². The normalized spacial score (nSPS) is 23.3. The molecule has 0 aromatic heterocycles. The van der Waals surface area contributed by atoms with Crippen molar-refractivity contribution in [2.75, 3.05) is 13.1 Å². The van der Waals surface area contributed by atoms with Gasteiger partial charge in [-0.15, -0.1) is 0 Å².